The normalized spacial score (nSPS) is 19.2. The zero-order chi connectivity index (χ0) is 15.8. The summed E-state index contributed by atoms with van der Waals surface area (Å²) < 4.78 is 5.65. The van der Waals surface area contributed by atoms with Crippen LogP contribution in [0.25, 0.3) is 0 Å². The molecule has 21 heavy (non-hydrogen) atoms. The lowest BCUT2D eigenvalue weighted by Crippen LogP contribution is -2.44. The lowest BCUT2D eigenvalue weighted by Gasteiger charge is -2.34. The molecule has 1 aliphatic rings. The van der Waals surface area contributed by atoms with Gasteiger partial charge in [0, 0.05) is 12.6 Å². The minimum absolute atomic E-state index is 0.154. The van der Waals surface area contributed by atoms with Gasteiger partial charge in [0.05, 0.1) is 12.6 Å². The van der Waals surface area contributed by atoms with E-state index in [-0.39, 0.29) is 11.9 Å². The Hall–Kier alpha value is -0.610. The highest BCUT2D eigenvalue weighted by atomic mass is 16.5. The fourth-order valence-corrected chi connectivity index (χ4v) is 2.98. The number of likely N-dealkylation sites (tertiary alicyclic amines) is 1. The van der Waals surface area contributed by atoms with Gasteiger partial charge in [0.25, 0.3) is 0 Å². The summed E-state index contributed by atoms with van der Waals surface area (Å²) in [5, 5.41) is 2.97. The van der Waals surface area contributed by atoms with E-state index < -0.39 is 0 Å². The Kier molecular flexibility index (Phi) is 8.27. The molecule has 1 rings (SSSR count). The molecule has 0 radical (unpaired) electrons. The fraction of sp³-hybridized carbons (Fsp3) is 0.941. The van der Waals surface area contributed by atoms with Crippen molar-refractivity contribution in [1.29, 1.82) is 0 Å². The summed E-state index contributed by atoms with van der Waals surface area (Å²) in [6, 6.07) is 0.232. The maximum Gasteiger partial charge on any atom is 0.234 e. The predicted molar refractivity (Wildman–Crippen MR) is 87.3 cm³/mol. The molecule has 0 unspecified atom stereocenters. The Balaban J connectivity index is 2.20. The molecule has 0 spiro atoms. The van der Waals surface area contributed by atoms with E-state index in [0.717, 1.165) is 38.0 Å². The van der Waals surface area contributed by atoms with Crippen LogP contribution in [0.3, 0.4) is 0 Å². The van der Waals surface area contributed by atoms with Crippen LogP contribution in [0.15, 0.2) is 0 Å². The fourth-order valence-electron chi connectivity index (χ4n) is 2.98. The van der Waals surface area contributed by atoms with Gasteiger partial charge in [0.1, 0.15) is 0 Å². The molecule has 1 heterocycles. The molecule has 0 saturated carbocycles. The summed E-state index contributed by atoms with van der Waals surface area (Å²) in [5.41, 5.74) is 0. The standard InChI is InChI=1S/C17H34N2O2/c1-13(2)18-17(20)12-19-9-6-16(7-10-19)15(5)8-11-21-14(3)4/h13-16H,6-12H2,1-5H3,(H,18,20)/t15-/m1/s1. The second-order valence-electron chi connectivity index (χ2n) is 7.02. The predicted octanol–water partition coefficient (Wildman–Crippen LogP) is 2.67. The van der Waals surface area contributed by atoms with Crippen molar-refractivity contribution in [2.45, 2.75) is 66.0 Å². The Bertz CT molecular complexity index is 297. The topological polar surface area (TPSA) is 41.6 Å². The minimum atomic E-state index is 0.154. The lowest BCUT2D eigenvalue weighted by atomic mass is 9.84. The second-order valence-corrected chi connectivity index (χ2v) is 7.02. The van der Waals surface area contributed by atoms with Crippen molar-refractivity contribution in [1.82, 2.24) is 10.2 Å². The van der Waals surface area contributed by atoms with Crippen molar-refractivity contribution >= 4 is 5.91 Å². The Labute approximate surface area is 130 Å². The van der Waals surface area contributed by atoms with E-state index in [9.17, 15) is 4.79 Å². The van der Waals surface area contributed by atoms with Gasteiger partial charge in [0.15, 0.2) is 0 Å². The Morgan fingerprint density at radius 1 is 1.19 bits per heavy atom. The summed E-state index contributed by atoms with van der Waals surface area (Å²) in [7, 11) is 0. The van der Waals surface area contributed by atoms with Gasteiger partial charge < -0.3 is 10.1 Å². The van der Waals surface area contributed by atoms with Crippen LogP contribution in [0.1, 0.15) is 53.9 Å². The maximum absolute atomic E-state index is 11.8. The van der Waals surface area contributed by atoms with E-state index >= 15 is 0 Å². The number of hydrogen-bond donors (Lipinski definition) is 1. The maximum atomic E-state index is 11.8. The number of rotatable bonds is 8. The van der Waals surface area contributed by atoms with Crippen LogP contribution in [0.5, 0.6) is 0 Å². The van der Waals surface area contributed by atoms with Gasteiger partial charge in [-0.15, -0.1) is 0 Å². The zero-order valence-corrected chi connectivity index (χ0v) is 14.5. The van der Waals surface area contributed by atoms with Crippen LogP contribution >= 0.6 is 0 Å². The number of hydrogen-bond acceptors (Lipinski definition) is 3. The number of nitrogens with zero attached hydrogens (tertiary/aromatic N) is 1. The molecule has 1 N–H and O–H groups in total. The Morgan fingerprint density at radius 3 is 2.33 bits per heavy atom. The summed E-state index contributed by atoms with van der Waals surface area (Å²) in [6.45, 7) is 14.0. The first kappa shape index (κ1) is 18.4. The number of piperidine rings is 1. The van der Waals surface area contributed by atoms with E-state index in [1.165, 1.54) is 12.8 Å². The van der Waals surface area contributed by atoms with Gasteiger partial charge in [0.2, 0.25) is 5.91 Å². The third-order valence-electron chi connectivity index (χ3n) is 4.28. The summed E-state index contributed by atoms with van der Waals surface area (Å²) in [4.78, 5) is 14.1. The monoisotopic (exact) mass is 298 g/mol. The molecule has 1 atom stereocenters. The van der Waals surface area contributed by atoms with E-state index in [4.69, 9.17) is 4.74 Å². The number of carbonyl (C=O) groups is 1. The average Bonchev–Trinajstić information content (AvgIpc) is 2.37. The van der Waals surface area contributed by atoms with Crippen molar-refractivity contribution < 1.29 is 9.53 Å². The molecule has 0 bridgehead atoms. The second kappa shape index (κ2) is 9.42. The smallest absolute Gasteiger partial charge is 0.234 e. The molecule has 124 valence electrons. The van der Waals surface area contributed by atoms with Crippen molar-refractivity contribution in [2.24, 2.45) is 11.8 Å². The largest absolute Gasteiger partial charge is 0.379 e. The molecule has 1 aliphatic heterocycles. The number of carbonyl (C=O) groups excluding carboxylic acids is 1. The molecule has 1 fully saturated rings. The molecule has 0 aromatic rings. The van der Waals surface area contributed by atoms with Crippen molar-refractivity contribution in [3.05, 3.63) is 0 Å². The SMILES string of the molecule is CC(C)NC(=O)CN1CCC([C@H](C)CCOC(C)C)CC1. The highest BCUT2D eigenvalue weighted by Gasteiger charge is 2.24. The lowest BCUT2D eigenvalue weighted by molar-refractivity contribution is -0.123. The number of ether oxygens (including phenoxy) is 1. The van der Waals surface area contributed by atoms with Gasteiger partial charge in [-0.2, -0.15) is 0 Å². The van der Waals surface area contributed by atoms with Gasteiger partial charge in [-0.25, -0.2) is 0 Å². The highest BCUT2D eigenvalue weighted by molar-refractivity contribution is 5.78. The van der Waals surface area contributed by atoms with E-state index in [1.54, 1.807) is 0 Å². The molecule has 4 heteroatoms. The Morgan fingerprint density at radius 2 is 1.81 bits per heavy atom. The first-order chi connectivity index (χ1) is 9.88. The minimum Gasteiger partial charge on any atom is -0.379 e. The van der Waals surface area contributed by atoms with Crippen molar-refractivity contribution in [3.63, 3.8) is 0 Å². The third kappa shape index (κ3) is 7.82. The van der Waals surface area contributed by atoms with Crippen LogP contribution in [0.4, 0.5) is 0 Å². The average molecular weight is 298 g/mol. The molecule has 1 saturated heterocycles. The van der Waals surface area contributed by atoms with Crippen molar-refractivity contribution in [3.8, 4) is 0 Å². The first-order valence-electron chi connectivity index (χ1n) is 8.51. The van der Waals surface area contributed by atoms with Crippen LogP contribution < -0.4 is 5.32 Å². The van der Waals surface area contributed by atoms with E-state index in [0.29, 0.717) is 12.6 Å². The van der Waals surface area contributed by atoms with Gasteiger partial charge >= 0.3 is 0 Å². The number of amides is 1. The molecule has 4 nitrogen and oxygen atoms in total. The zero-order valence-electron chi connectivity index (χ0n) is 14.5. The highest BCUT2D eigenvalue weighted by Crippen LogP contribution is 2.27. The summed E-state index contributed by atoms with van der Waals surface area (Å²) in [6.07, 6.45) is 3.89. The first-order valence-corrected chi connectivity index (χ1v) is 8.51. The molecular formula is C17H34N2O2. The van der Waals surface area contributed by atoms with E-state index in [2.05, 4.69) is 31.0 Å². The molecule has 0 aliphatic carbocycles. The number of nitrogens with one attached hydrogen (secondary N) is 1. The molecule has 0 aromatic carbocycles. The van der Waals surface area contributed by atoms with Gasteiger partial charge in [-0.05, 0) is 71.9 Å². The summed E-state index contributed by atoms with van der Waals surface area (Å²) >= 11 is 0. The van der Waals surface area contributed by atoms with Crippen LogP contribution in [-0.4, -0.2) is 49.2 Å². The quantitative estimate of drug-likeness (QED) is 0.749. The van der Waals surface area contributed by atoms with Gasteiger partial charge in [-0.3, -0.25) is 9.69 Å². The molecule has 0 aromatic heterocycles. The molecular weight excluding hydrogens is 264 g/mol. The third-order valence-corrected chi connectivity index (χ3v) is 4.28. The van der Waals surface area contributed by atoms with Gasteiger partial charge in [-0.1, -0.05) is 6.92 Å². The van der Waals surface area contributed by atoms with E-state index in [1.807, 2.05) is 13.8 Å². The molecule has 1 amide bonds. The van der Waals surface area contributed by atoms with Crippen molar-refractivity contribution in [2.75, 3.05) is 26.2 Å². The van der Waals surface area contributed by atoms with Crippen LogP contribution in [0.2, 0.25) is 0 Å². The van der Waals surface area contributed by atoms with Crippen LogP contribution in [0, 0.1) is 11.8 Å². The summed E-state index contributed by atoms with van der Waals surface area (Å²) in [5.74, 6) is 1.65. The van der Waals surface area contributed by atoms with Crippen LogP contribution in [-0.2, 0) is 9.53 Å².